The van der Waals surface area contributed by atoms with Crippen molar-refractivity contribution in [2.75, 3.05) is 0 Å². The summed E-state index contributed by atoms with van der Waals surface area (Å²) in [5, 5.41) is 3.48. The van der Waals surface area contributed by atoms with Gasteiger partial charge in [-0.25, -0.2) is 4.39 Å². The third kappa shape index (κ3) is 3.86. The molecule has 0 saturated carbocycles. The lowest BCUT2D eigenvalue weighted by molar-refractivity contribution is 0.517. The van der Waals surface area contributed by atoms with Gasteiger partial charge < -0.3 is 5.32 Å². The van der Waals surface area contributed by atoms with Crippen LogP contribution in [0.2, 0.25) is 0 Å². The standard InChI is InChI=1S/C16H19FN2/c1-3-16(14-6-8-15(17)9-7-14)19-11-13-5-4-12(2)18-10-13/h4-10,16,19H,3,11H2,1-2H3. The number of rotatable bonds is 5. The van der Waals surface area contributed by atoms with Crippen molar-refractivity contribution in [3.63, 3.8) is 0 Å². The topological polar surface area (TPSA) is 24.9 Å². The summed E-state index contributed by atoms with van der Waals surface area (Å²) in [6.45, 7) is 4.86. The van der Waals surface area contributed by atoms with Crippen LogP contribution in [-0.4, -0.2) is 4.98 Å². The molecule has 1 atom stereocenters. The molecule has 0 radical (unpaired) electrons. The smallest absolute Gasteiger partial charge is 0.123 e. The lowest BCUT2D eigenvalue weighted by Gasteiger charge is -2.17. The zero-order valence-electron chi connectivity index (χ0n) is 11.4. The van der Waals surface area contributed by atoms with E-state index in [0.717, 1.165) is 29.8 Å². The van der Waals surface area contributed by atoms with Crippen LogP contribution >= 0.6 is 0 Å². The summed E-state index contributed by atoms with van der Waals surface area (Å²) in [7, 11) is 0. The SMILES string of the molecule is CCC(NCc1ccc(C)nc1)c1ccc(F)cc1. The number of pyridine rings is 1. The van der Waals surface area contributed by atoms with Crippen LogP contribution in [0.25, 0.3) is 0 Å². The Morgan fingerprint density at radius 3 is 2.47 bits per heavy atom. The van der Waals surface area contributed by atoms with Gasteiger partial charge in [0.2, 0.25) is 0 Å². The lowest BCUT2D eigenvalue weighted by atomic mass is 10.0. The lowest BCUT2D eigenvalue weighted by Crippen LogP contribution is -2.20. The maximum atomic E-state index is 12.9. The second-order valence-corrected chi connectivity index (χ2v) is 4.70. The van der Waals surface area contributed by atoms with E-state index in [9.17, 15) is 4.39 Å². The van der Waals surface area contributed by atoms with E-state index < -0.39 is 0 Å². The number of nitrogens with zero attached hydrogens (tertiary/aromatic N) is 1. The largest absolute Gasteiger partial charge is 0.306 e. The number of aryl methyl sites for hydroxylation is 1. The average Bonchev–Trinajstić information content (AvgIpc) is 2.43. The van der Waals surface area contributed by atoms with Crippen molar-refractivity contribution in [3.8, 4) is 0 Å². The molecule has 100 valence electrons. The van der Waals surface area contributed by atoms with Gasteiger partial charge in [0.05, 0.1) is 0 Å². The molecule has 1 aromatic carbocycles. The first-order valence-electron chi connectivity index (χ1n) is 6.59. The molecule has 2 aromatic rings. The van der Waals surface area contributed by atoms with Gasteiger partial charge in [-0.1, -0.05) is 25.1 Å². The van der Waals surface area contributed by atoms with E-state index in [1.54, 1.807) is 0 Å². The van der Waals surface area contributed by atoms with Gasteiger partial charge in [0.1, 0.15) is 5.82 Å². The summed E-state index contributed by atoms with van der Waals surface area (Å²) in [6, 6.07) is 11.0. The Morgan fingerprint density at radius 2 is 1.89 bits per heavy atom. The van der Waals surface area contributed by atoms with E-state index in [2.05, 4.69) is 23.3 Å². The van der Waals surface area contributed by atoms with Crippen LogP contribution in [0.15, 0.2) is 42.6 Å². The van der Waals surface area contributed by atoms with E-state index >= 15 is 0 Å². The van der Waals surface area contributed by atoms with Crippen LogP contribution in [0.5, 0.6) is 0 Å². The molecule has 1 heterocycles. The predicted molar refractivity (Wildman–Crippen MR) is 75.2 cm³/mol. The van der Waals surface area contributed by atoms with Gasteiger partial charge in [-0.2, -0.15) is 0 Å². The normalized spacial score (nSPS) is 12.4. The molecule has 2 rings (SSSR count). The molecule has 0 spiro atoms. The second-order valence-electron chi connectivity index (χ2n) is 4.70. The van der Waals surface area contributed by atoms with Gasteiger partial charge in [0.15, 0.2) is 0 Å². The predicted octanol–water partition coefficient (Wildman–Crippen LogP) is 3.77. The Hall–Kier alpha value is -1.74. The van der Waals surface area contributed by atoms with Gasteiger partial charge in [-0.05, 0) is 42.7 Å². The maximum Gasteiger partial charge on any atom is 0.123 e. The van der Waals surface area contributed by atoms with Crippen LogP contribution in [0.3, 0.4) is 0 Å². The van der Waals surface area contributed by atoms with E-state index in [1.165, 1.54) is 12.1 Å². The van der Waals surface area contributed by atoms with E-state index in [-0.39, 0.29) is 11.9 Å². The van der Waals surface area contributed by atoms with E-state index in [1.807, 2.05) is 31.3 Å². The second kappa shape index (κ2) is 6.43. The molecule has 1 aromatic heterocycles. The summed E-state index contributed by atoms with van der Waals surface area (Å²) < 4.78 is 12.9. The minimum atomic E-state index is -0.193. The number of halogens is 1. The molecule has 0 aliphatic carbocycles. The summed E-state index contributed by atoms with van der Waals surface area (Å²) in [5.41, 5.74) is 3.30. The minimum Gasteiger partial charge on any atom is -0.306 e. The highest BCUT2D eigenvalue weighted by Gasteiger charge is 2.08. The number of aromatic nitrogens is 1. The van der Waals surface area contributed by atoms with E-state index in [4.69, 9.17) is 0 Å². The van der Waals surface area contributed by atoms with Crippen LogP contribution in [0, 0.1) is 12.7 Å². The monoisotopic (exact) mass is 258 g/mol. The van der Waals surface area contributed by atoms with E-state index in [0.29, 0.717) is 0 Å². The maximum absolute atomic E-state index is 12.9. The van der Waals surface area contributed by atoms with Crippen molar-refractivity contribution in [2.45, 2.75) is 32.9 Å². The van der Waals surface area contributed by atoms with Crippen LogP contribution in [-0.2, 0) is 6.54 Å². The van der Waals surface area contributed by atoms with Gasteiger partial charge >= 0.3 is 0 Å². The first kappa shape index (κ1) is 13.7. The highest BCUT2D eigenvalue weighted by atomic mass is 19.1. The highest BCUT2D eigenvalue weighted by molar-refractivity contribution is 5.20. The molecule has 3 heteroatoms. The molecule has 0 amide bonds. The Kier molecular flexibility index (Phi) is 4.63. The molecule has 0 aliphatic rings. The molecule has 0 saturated heterocycles. The zero-order chi connectivity index (χ0) is 13.7. The molecule has 0 bridgehead atoms. The molecule has 1 N–H and O–H groups in total. The molecule has 0 aliphatic heterocycles. The number of nitrogens with one attached hydrogen (secondary N) is 1. The molecule has 19 heavy (non-hydrogen) atoms. The van der Waals surface area contributed by atoms with Crippen LogP contribution < -0.4 is 5.32 Å². The van der Waals surface area contributed by atoms with Crippen molar-refractivity contribution < 1.29 is 4.39 Å². The first-order chi connectivity index (χ1) is 9.19. The molecule has 0 fully saturated rings. The van der Waals surface area contributed by atoms with Crippen molar-refractivity contribution in [1.29, 1.82) is 0 Å². The average molecular weight is 258 g/mol. The Bertz CT molecular complexity index is 505. The third-order valence-corrected chi connectivity index (χ3v) is 3.21. The molecule has 1 unspecified atom stereocenters. The summed E-state index contributed by atoms with van der Waals surface area (Å²) in [5.74, 6) is -0.193. The fraction of sp³-hybridized carbons (Fsp3) is 0.312. The molecular weight excluding hydrogens is 239 g/mol. The van der Waals surface area contributed by atoms with Crippen molar-refractivity contribution in [2.24, 2.45) is 0 Å². The fourth-order valence-electron chi connectivity index (χ4n) is 2.04. The van der Waals surface area contributed by atoms with Crippen LogP contribution in [0.1, 0.15) is 36.2 Å². The van der Waals surface area contributed by atoms with Crippen molar-refractivity contribution in [1.82, 2.24) is 10.3 Å². The molecule has 2 nitrogen and oxygen atoms in total. The zero-order valence-corrected chi connectivity index (χ0v) is 11.4. The quantitative estimate of drug-likeness (QED) is 0.883. The summed E-state index contributed by atoms with van der Waals surface area (Å²) >= 11 is 0. The Labute approximate surface area is 113 Å². The van der Waals surface area contributed by atoms with Gasteiger partial charge in [0, 0.05) is 24.5 Å². The number of hydrogen-bond donors (Lipinski definition) is 1. The minimum absolute atomic E-state index is 0.193. The first-order valence-corrected chi connectivity index (χ1v) is 6.59. The van der Waals surface area contributed by atoms with Gasteiger partial charge in [-0.15, -0.1) is 0 Å². The summed E-state index contributed by atoms with van der Waals surface area (Å²) in [4.78, 5) is 4.28. The number of benzene rings is 1. The van der Waals surface area contributed by atoms with Gasteiger partial charge in [0.25, 0.3) is 0 Å². The third-order valence-electron chi connectivity index (χ3n) is 3.21. The fourth-order valence-corrected chi connectivity index (χ4v) is 2.04. The van der Waals surface area contributed by atoms with Gasteiger partial charge in [-0.3, -0.25) is 4.98 Å². The van der Waals surface area contributed by atoms with Crippen molar-refractivity contribution >= 4 is 0 Å². The summed E-state index contributed by atoms with van der Waals surface area (Å²) in [6.07, 6.45) is 2.85. The Balaban J connectivity index is 1.99. The van der Waals surface area contributed by atoms with Crippen LogP contribution in [0.4, 0.5) is 4.39 Å². The highest BCUT2D eigenvalue weighted by Crippen LogP contribution is 2.17. The Morgan fingerprint density at radius 1 is 1.16 bits per heavy atom. The molecular formula is C16H19FN2. The number of hydrogen-bond acceptors (Lipinski definition) is 2. The van der Waals surface area contributed by atoms with Crippen molar-refractivity contribution in [3.05, 3.63) is 65.2 Å².